The number of nitrogens with one attached hydrogen (secondary N) is 2. The van der Waals surface area contributed by atoms with Gasteiger partial charge in [0.2, 0.25) is 0 Å². The molecular weight excluding hydrogens is 342 g/mol. The molecule has 1 fully saturated rings. The van der Waals surface area contributed by atoms with Gasteiger partial charge in [-0.3, -0.25) is 4.79 Å². The number of hydrogen-bond donors (Lipinski definition) is 2. The maximum absolute atomic E-state index is 12.4. The number of hydrogen-bond acceptors (Lipinski definition) is 6. The number of rotatable bonds is 5. The molecule has 2 unspecified atom stereocenters. The fourth-order valence-corrected chi connectivity index (χ4v) is 3.86. The van der Waals surface area contributed by atoms with Gasteiger partial charge in [-0.15, -0.1) is 0 Å². The molecule has 8 nitrogen and oxygen atoms in total. The molecule has 9 heteroatoms. The maximum atomic E-state index is 12.4. The Bertz CT molecular complexity index is 818. The third-order valence-corrected chi connectivity index (χ3v) is 5.62. The Hall–Kier alpha value is -2.26. The first-order chi connectivity index (χ1) is 11.9. The molecule has 0 saturated carbocycles. The predicted octanol–water partition coefficient (Wildman–Crippen LogP) is 0.519. The lowest BCUT2D eigenvalue weighted by Gasteiger charge is -2.27. The first kappa shape index (κ1) is 17.6. The third-order valence-electron chi connectivity index (χ3n) is 4.26. The summed E-state index contributed by atoms with van der Waals surface area (Å²) in [5.74, 6) is -0.103. The highest BCUT2D eigenvalue weighted by Gasteiger charge is 2.28. The molecule has 25 heavy (non-hydrogen) atoms. The highest BCUT2D eigenvalue weighted by Crippen LogP contribution is 2.16. The molecule has 0 bridgehead atoms. The first-order valence-electron chi connectivity index (χ1n) is 8.15. The topological polar surface area (TPSA) is 106 Å². The van der Waals surface area contributed by atoms with E-state index in [1.54, 1.807) is 23.1 Å². The summed E-state index contributed by atoms with van der Waals surface area (Å²) in [7, 11) is -3.88. The van der Waals surface area contributed by atoms with E-state index in [0.717, 1.165) is 18.5 Å². The Balaban J connectivity index is 1.66. The Labute approximate surface area is 146 Å². The lowest BCUT2D eigenvalue weighted by Crippen LogP contribution is -2.49. The maximum Gasteiger partial charge on any atom is 0.264 e. The SMILES string of the molecule is CC1CCNC(C(=O)NS(=O)(=O)c2ccc(Cn3cncn3)cc2)C1. The van der Waals surface area contributed by atoms with Gasteiger partial charge in [0, 0.05) is 0 Å². The summed E-state index contributed by atoms with van der Waals surface area (Å²) in [6, 6.07) is 5.89. The van der Waals surface area contributed by atoms with Crippen LogP contribution in [0.15, 0.2) is 41.8 Å². The Morgan fingerprint density at radius 1 is 1.36 bits per heavy atom. The van der Waals surface area contributed by atoms with Gasteiger partial charge in [0.05, 0.1) is 17.5 Å². The van der Waals surface area contributed by atoms with Crippen LogP contribution < -0.4 is 10.0 Å². The highest BCUT2D eigenvalue weighted by atomic mass is 32.2. The predicted molar refractivity (Wildman–Crippen MR) is 91.1 cm³/mol. The van der Waals surface area contributed by atoms with Gasteiger partial charge in [0.1, 0.15) is 12.7 Å². The number of amides is 1. The lowest BCUT2D eigenvalue weighted by molar-refractivity contribution is -0.122. The van der Waals surface area contributed by atoms with E-state index in [2.05, 4.69) is 27.0 Å². The van der Waals surface area contributed by atoms with E-state index in [4.69, 9.17) is 0 Å². The van der Waals surface area contributed by atoms with E-state index in [9.17, 15) is 13.2 Å². The molecule has 2 aromatic rings. The van der Waals surface area contributed by atoms with Crippen LogP contribution in [0, 0.1) is 5.92 Å². The van der Waals surface area contributed by atoms with Crippen LogP contribution in [0.25, 0.3) is 0 Å². The molecular formula is C16H21N5O3S. The van der Waals surface area contributed by atoms with Gasteiger partial charge in [-0.1, -0.05) is 19.1 Å². The quantitative estimate of drug-likeness (QED) is 0.802. The van der Waals surface area contributed by atoms with E-state index in [1.807, 2.05) is 0 Å². The number of piperidine rings is 1. The molecule has 2 N–H and O–H groups in total. The Kier molecular flexibility index (Phi) is 5.14. The standard InChI is InChI=1S/C16H21N5O3S/c1-12-6-7-18-15(8-12)16(22)20-25(23,24)14-4-2-13(3-5-14)9-21-11-17-10-19-21/h2-5,10-12,15,18H,6-9H2,1H3,(H,20,22). The zero-order chi connectivity index (χ0) is 17.9. The normalized spacial score (nSPS) is 21.0. The van der Waals surface area contributed by atoms with Crippen LogP contribution in [0.1, 0.15) is 25.3 Å². The summed E-state index contributed by atoms with van der Waals surface area (Å²) in [5, 5.41) is 7.07. The van der Waals surface area contributed by atoms with Crippen molar-refractivity contribution in [3.05, 3.63) is 42.5 Å². The average molecular weight is 363 g/mol. The summed E-state index contributed by atoms with van der Waals surface area (Å²) in [5.41, 5.74) is 0.888. The Morgan fingerprint density at radius 2 is 2.12 bits per heavy atom. The molecule has 1 aromatic carbocycles. The zero-order valence-electron chi connectivity index (χ0n) is 13.9. The molecule has 0 radical (unpaired) electrons. The number of aromatic nitrogens is 3. The summed E-state index contributed by atoms with van der Waals surface area (Å²) in [4.78, 5) is 16.2. The van der Waals surface area contributed by atoms with Gasteiger partial charge < -0.3 is 5.32 Å². The molecule has 3 rings (SSSR count). The van der Waals surface area contributed by atoms with Crippen molar-refractivity contribution in [2.45, 2.75) is 37.2 Å². The number of sulfonamides is 1. The van der Waals surface area contributed by atoms with Gasteiger partial charge in [0.15, 0.2) is 0 Å². The van der Waals surface area contributed by atoms with Crippen LogP contribution in [0.5, 0.6) is 0 Å². The van der Waals surface area contributed by atoms with Crippen molar-refractivity contribution in [3.8, 4) is 0 Å². The molecule has 1 saturated heterocycles. The van der Waals surface area contributed by atoms with Crippen molar-refractivity contribution >= 4 is 15.9 Å². The summed E-state index contributed by atoms with van der Waals surface area (Å²) in [6.07, 6.45) is 4.65. The van der Waals surface area contributed by atoms with E-state index in [-0.39, 0.29) is 4.90 Å². The third kappa shape index (κ3) is 4.43. The van der Waals surface area contributed by atoms with Crippen LogP contribution in [-0.4, -0.2) is 41.7 Å². The van der Waals surface area contributed by atoms with Gasteiger partial charge in [-0.25, -0.2) is 22.8 Å². The minimum atomic E-state index is -3.88. The monoisotopic (exact) mass is 363 g/mol. The molecule has 1 aromatic heterocycles. The molecule has 1 aliphatic heterocycles. The molecule has 2 heterocycles. The second kappa shape index (κ2) is 7.32. The van der Waals surface area contributed by atoms with Crippen LogP contribution in [0.2, 0.25) is 0 Å². The molecule has 0 spiro atoms. The smallest absolute Gasteiger partial charge is 0.264 e. The molecule has 2 atom stereocenters. The molecule has 0 aliphatic carbocycles. The fourth-order valence-electron chi connectivity index (χ4n) is 2.85. The van der Waals surface area contributed by atoms with E-state index >= 15 is 0 Å². The van der Waals surface area contributed by atoms with E-state index < -0.39 is 22.0 Å². The van der Waals surface area contributed by atoms with Crippen LogP contribution in [-0.2, 0) is 21.4 Å². The van der Waals surface area contributed by atoms with Crippen molar-refractivity contribution in [2.24, 2.45) is 5.92 Å². The number of carbonyl (C=O) groups is 1. The summed E-state index contributed by atoms with van der Waals surface area (Å²) in [6.45, 7) is 3.27. The van der Waals surface area contributed by atoms with Gasteiger partial charge in [-0.05, 0) is 43.0 Å². The van der Waals surface area contributed by atoms with Gasteiger partial charge in [-0.2, -0.15) is 5.10 Å². The fraction of sp³-hybridized carbons (Fsp3) is 0.438. The average Bonchev–Trinajstić information content (AvgIpc) is 3.08. The van der Waals surface area contributed by atoms with Crippen molar-refractivity contribution in [2.75, 3.05) is 6.54 Å². The van der Waals surface area contributed by atoms with Crippen LogP contribution >= 0.6 is 0 Å². The second-order valence-corrected chi connectivity index (χ2v) is 8.03. The largest absolute Gasteiger partial charge is 0.306 e. The molecule has 134 valence electrons. The first-order valence-corrected chi connectivity index (χ1v) is 9.64. The van der Waals surface area contributed by atoms with E-state index in [0.29, 0.717) is 18.9 Å². The van der Waals surface area contributed by atoms with Crippen molar-refractivity contribution in [1.82, 2.24) is 24.8 Å². The highest BCUT2D eigenvalue weighted by molar-refractivity contribution is 7.90. The number of benzene rings is 1. The second-order valence-electron chi connectivity index (χ2n) is 6.34. The minimum absolute atomic E-state index is 0.0621. The minimum Gasteiger partial charge on any atom is -0.306 e. The molecule has 1 amide bonds. The van der Waals surface area contributed by atoms with Gasteiger partial charge in [0.25, 0.3) is 15.9 Å². The lowest BCUT2D eigenvalue weighted by atomic mass is 9.94. The van der Waals surface area contributed by atoms with Crippen molar-refractivity contribution in [1.29, 1.82) is 0 Å². The van der Waals surface area contributed by atoms with E-state index in [1.165, 1.54) is 18.5 Å². The Morgan fingerprint density at radius 3 is 2.76 bits per heavy atom. The van der Waals surface area contributed by atoms with Gasteiger partial charge >= 0.3 is 0 Å². The molecule has 1 aliphatic rings. The summed E-state index contributed by atoms with van der Waals surface area (Å²) >= 11 is 0. The zero-order valence-corrected chi connectivity index (χ0v) is 14.7. The van der Waals surface area contributed by atoms with Crippen LogP contribution in [0.3, 0.4) is 0 Å². The van der Waals surface area contributed by atoms with Crippen molar-refractivity contribution < 1.29 is 13.2 Å². The van der Waals surface area contributed by atoms with Crippen LogP contribution in [0.4, 0.5) is 0 Å². The van der Waals surface area contributed by atoms with Crippen molar-refractivity contribution in [3.63, 3.8) is 0 Å². The summed E-state index contributed by atoms with van der Waals surface area (Å²) < 4.78 is 28.6. The number of nitrogens with zero attached hydrogens (tertiary/aromatic N) is 3. The number of carbonyl (C=O) groups excluding carboxylic acids is 1.